The highest BCUT2D eigenvalue weighted by molar-refractivity contribution is 7.16. The Balaban J connectivity index is 1.91. The summed E-state index contributed by atoms with van der Waals surface area (Å²) in [5.74, 6) is 0.615. The highest BCUT2D eigenvalue weighted by Crippen LogP contribution is 2.24. The summed E-state index contributed by atoms with van der Waals surface area (Å²) in [5, 5.41) is 7.10. The highest BCUT2D eigenvalue weighted by atomic mass is 35.5. The maximum absolute atomic E-state index is 11.8. The first kappa shape index (κ1) is 14.9. The monoisotopic (exact) mass is 308 g/mol. The van der Waals surface area contributed by atoms with Crippen LogP contribution in [-0.4, -0.2) is 6.03 Å². The number of carbonyl (C=O) groups is 1. The first-order chi connectivity index (χ1) is 9.52. The second-order valence-electron chi connectivity index (χ2n) is 4.95. The predicted molar refractivity (Wildman–Crippen MR) is 87.0 cm³/mol. The number of rotatable bonds is 4. The van der Waals surface area contributed by atoms with Crippen LogP contribution in [0, 0.1) is 5.92 Å². The van der Waals surface area contributed by atoms with E-state index in [4.69, 9.17) is 11.6 Å². The quantitative estimate of drug-likeness (QED) is 0.796. The molecule has 2 amide bonds. The standard InChI is InChI=1S/C15H17ClN2OS/c1-10(2)9-13-7-8-14(20-13)18-15(19)17-12-5-3-11(16)4-6-12/h3-8,10H,9H2,1-2H3,(H2,17,18,19). The molecule has 0 aliphatic carbocycles. The van der Waals surface area contributed by atoms with Gasteiger partial charge in [-0.05, 0) is 48.7 Å². The van der Waals surface area contributed by atoms with E-state index >= 15 is 0 Å². The minimum atomic E-state index is -0.245. The van der Waals surface area contributed by atoms with Gasteiger partial charge in [0.1, 0.15) is 0 Å². The van der Waals surface area contributed by atoms with Crippen molar-refractivity contribution in [3.8, 4) is 0 Å². The van der Waals surface area contributed by atoms with Crippen molar-refractivity contribution in [1.82, 2.24) is 0 Å². The zero-order chi connectivity index (χ0) is 14.5. The van der Waals surface area contributed by atoms with Crippen molar-refractivity contribution >= 4 is 39.7 Å². The van der Waals surface area contributed by atoms with Crippen molar-refractivity contribution < 1.29 is 4.79 Å². The Hall–Kier alpha value is -1.52. The topological polar surface area (TPSA) is 41.1 Å². The summed E-state index contributed by atoms with van der Waals surface area (Å²) in [6.45, 7) is 4.36. The number of halogens is 1. The molecule has 0 aliphatic rings. The molecule has 0 fully saturated rings. The molecule has 3 nitrogen and oxygen atoms in total. The van der Waals surface area contributed by atoms with Gasteiger partial charge in [-0.1, -0.05) is 25.4 Å². The fraction of sp³-hybridized carbons (Fsp3) is 0.267. The first-order valence-electron chi connectivity index (χ1n) is 6.45. The Morgan fingerprint density at radius 3 is 2.50 bits per heavy atom. The van der Waals surface area contributed by atoms with E-state index in [2.05, 4.69) is 30.5 Å². The van der Waals surface area contributed by atoms with Crippen LogP contribution in [0.3, 0.4) is 0 Å². The van der Waals surface area contributed by atoms with Crippen LogP contribution in [0.25, 0.3) is 0 Å². The molecular formula is C15H17ClN2OS. The van der Waals surface area contributed by atoms with E-state index in [1.54, 1.807) is 35.6 Å². The lowest BCUT2D eigenvalue weighted by molar-refractivity contribution is 0.262. The van der Waals surface area contributed by atoms with Gasteiger partial charge in [0, 0.05) is 15.6 Å². The van der Waals surface area contributed by atoms with Crippen LogP contribution in [0.2, 0.25) is 5.02 Å². The van der Waals surface area contributed by atoms with Crippen molar-refractivity contribution in [3.63, 3.8) is 0 Å². The summed E-state index contributed by atoms with van der Waals surface area (Å²) in [4.78, 5) is 13.1. The number of benzene rings is 1. The average Bonchev–Trinajstić information content (AvgIpc) is 2.78. The van der Waals surface area contributed by atoms with Gasteiger partial charge in [-0.25, -0.2) is 4.79 Å². The molecule has 1 aromatic carbocycles. The third-order valence-corrected chi connectivity index (χ3v) is 3.88. The van der Waals surface area contributed by atoms with Crippen molar-refractivity contribution in [2.24, 2.45) is 5.92 Å². The number of nitrogens with one attached hydrogen (secondary N) is 2. The first-order valence-corrected chi connectivity index (χ1v) is 7.64. The molecule has 2 N–H and O–H groups in total. The van der Waals surface area contributed by atoms with Gasteiger partial charge in [0.15, 0.2) is 0 Å². The number of thiophene rings is 1. The molecule has 0 saturated heterocycles. The molecule has 0 radical (unpaired) electrons. The van der Waals surface area contributed by atoms with Gasteiger partial charge in [0.05, 0.1) is 5.00 Å². The molecule has 0 bridgehead atoms. The molecule has 0 spiro atoms. The summed E-state index contributed by atoms with van der Waals surface area (Å²) < 4.78 is 0. The lowest BCUT2D eigenvalue weighted by Gasteiger charge is -2.06. The third kappa shape index (κ3) is 4.54. The van der Waals surface area contributed by atoms with Gasteiger partial charge < -0.3 is 5.32 Å². The maximum Gasteiger partial charge on any atom is 0.324 e. The molecule has 1 aromatic heterocycles. The SMILES string of the molecule is CC(C)Cc1ccc(NC(=O)Nc2ccc(Cl)cc2)s1. The minimum absolute atomic E-state index is 0.245. The van der Waals surface area contributed by atoms with Gasteiger partial charge in [-0.15, -0.1) is 11.3 Å². The molecule has 0 unspecified atom stereocenters. The number of hydrogen-bond donors (Lipinski definition) is 2. The zero-order valence-corrected chi connectivity index (χ0v) is 13.0. The summed E-state index contributed by atoms with van der Waals surface area (Å²) >= 11 is 7.41. The lowest BCUT2D eigenvalue weighted by atomic mass is 10.1. The van der Waals surface area contributed by atoms with Crippen LogP contribution in [0.15, 0.2) is 36.4 Å². The highest BCUT2D eigenvalue weighted by Gasteiger charge is 2.06. The molecular weight excluding hydrogens is 292 g/mol. The van der Waals surface area contributed by atoms with Crippen LogP contribution < -0.4 is 10.6 Å². The number of anilines is 2. The smallest absolute Gasteiger partial charge is 0.308 e. The second kappa shape index (κ2) is 6.77. The Bertz CT molecular complexity index is 578. The summed E-state index contributed by atoms with van der Waals surface area (Å²) in [6, 6.07) is 10.8. The Morgan fingerprint density at radius 1 is 1.15 bits per heavy atom. The summed E-state index contributed by atoms with van der Waals surface area (Å²) in [5.41, 5.74) is 0.714. The van der Waals surface area contributed by atoms with Crippen molar-refractivity contribution in [1.29, 1.82) is 0 Å². The maximum atomic E-state index is 11.8. The number of urea groups is 1. The fourth-order valence-corrected chi connectivity index (χ4v) is 3.01. The second-order valence-corrected chi connectivity index (χ2v) is 6.55. The molecule has 20 heavy (non-hydrogen) atoms. The molecule has 0 saturated carbocycles. The fourth-order valence-electron chi connectivity index (χ4n) is 1.76. The Labute approximate surface area is 128 Å². The molecule has 2 aromatic rings. The van der Waals surface area contributed by atoms with Gasteiger partial charge in [-0.2, -0.15) is 0 Å². The largest absolute Gasteiger partial charge is 0.324 e. The van der Waals surface area contributed by atoms with Gasteiger partial charge >= 0.3 is 6.03 Å². The average molecular weight is 309 g/mol. The van der Waals surface area contributed by atoms with E-state index in [0.29, 0.717) is 16.6 Å². The molecule has 5 heteroatoms. The minimum Gasteiger partial charge on any atom is -0.308 e. The van der Waals surface area contributed by atoms with Crippen LogP contribution in [0.5, 0.6) is 0 Å². The Kier molecular flexibility index (Phi) is 5.04. The van der Waals surface area contributed by atoms with E-state index in [0.717, 1.165) is 11.4 Å². The van der Waals surface area contributed by atoms with Crippen LogP contribution in [0.1, 0.15) is 18.7 Å². The lowest BCUT2D eigenvalue weighted by Crippen LogP contribution is -2.18. The van der Waals surface area contributed by atoms with Gasteiger partial charge in [0.2, 0.25) is 0 Å². The van der Waals surface area contributed by atoms with Crippen molar-refractivity contribution in [2.75, 3.05) is 10.6 Å². The van der Waals surface area contributed by atoms with E-state index in [1.165, 1.54) is 4.88 Å². The van der Waals surface area contributed by atoms with E-state index in [-0.39, 0.29) is 6.03 Å². The summed E-state index contributed by atoms with van der Waals surface area (Å²) in [7, 11) is 0. The van der Waals surface area contributed by atoms with Crippen LogP contribution in [-0.2, 0) is 6.42 Å². The summed E-state index contributed by atoms with van der Waals surface area (Å²) in [6.07, 6.45) is 1.03. The number of hydrogen-bond acceptors (Lipinski definition) is 2. The van der Waals surface area contributed by atoms with E-state index in [9.17, 15) is 4.79 Å². The third-order valence-electron chi connectivity index (χ3n) is 2.61. The molecule has 2 rings (SSSR count). The molecule has 0 atom stereocenters. The van der Waals surface area contributed by atoms with Gasteiger partial charge in [0.25, 0.3) is 0 Å². The van der Waals surface area contributed by atoms with Crippen molar-refractivity contribution in [3.05, 3.63) is 46.3 Å². The van der Waals surface area contributed by atoms with E-state index < -0.39 is 0 Å². The van der Waals surface area contributed by atoms with Gasteiger partial charge in [-0.3, -0.25) is 5.32 Å². The normalized spacial score (nSPS) is 10.6. The van der Waals surface area contributed by atoms with Crippen molar-refractivity contribution in [2.45, 2.75) is 20.3 Å². The molecule has 0 aliphatic heterocycles. The molecule has 106 valence electrons. The Morgan fingerprint density at radius 2 is 1.85 bits per heavy atom. The number of carbonyl (C=O) groups excluding carboxylic acids is 1. The molecule has 1 heterocycles. The van der Waals surface area contributed by atoms with Crippen LogP contribution >= 0.6 is 22.9 Å². The van der Waals surface area contributed by atoms with Crippen LogP contribution in [0.4, 0.5) is 15.5 Å². The zero-order valence-electron chi connectivity index (χ0n) is 11.4. The predicted octanol–water partition coefficient (Wildman–Crippen LogP) is 5.24. The van der Waals surface area contributed by atoms with E-state index in [1.807, 2.05) is 6.07 Å². The number of amides is 2.